The summed E-state index contributed by atoms with van der Waals surface area (Å²) in [4.78, 5) is 10.1. The van der Waals surface area contributed by atoms with Gasteiger partial charge < -0.3 is 15.7 Å². The van der Waals surface area contributed by atoms with Crippen LogP contribution in [0.25, 0.3) is 0 Å². The van der Waals surface area contributed by atoms with Gasteiger partial charge in [-0.3, -0.25) is 4.79 Å². The first-order chi connectivity index (χ1) is 4.22. The second-order valence-corrected chi connectivity index (χ2v) is 1.20. The van der Waals surface area contributed by atoms with Crippen LogP contribution in [0.15, 0.2) is 5.16 Å². The van der Waals surface area contributed by atoms with E-state index in [0.717, 1.165) is 0 Å². The van der Waals surface area contributed by atoms with Gasteiger partial charge in [-0.25, -0.2) is 0 Å². The molecule has 5 nitrogen and oxygen atoms in total. The number of oxime groups is 1. The Hall–Kier alpha value is -1.26. The van der Waals surface area contributed by atoms with Gasteiger partial charge in [-0.2, -0.15) is 0 Å². The van der Waals surface area contributed by atoms with E-state index < -0.39 is 11.8 Å². The maximum atomic E-state index is 10.1. The number of ether oxygens (including phenoxy) is 1. The molecule has 9 heavy (non-hydrogen) atoms. The molecule has 0 aromatic rings. The van der Waals surface area contributed by atoms with Gasteiger partial charge in [0, 0.05) is 0 Å². The Kier molecular flexibility index (Phi) is 3.19. The van der Waals surface area contributed by atoms with Crippen LogP contribution in [-0.4, -0.2) is 23.6 Å². The molecule has 5 heteroatoms. The van der Waals surface area contributed by atoms with E-state index >= 15 is 0 Å². The molecule has 0 fully saturated rings. The Morgan fingerprint density at radius 1 is 1.89 bits per heavy atom. The molecular weight excluding hydrogens is 124 g/mol. The van der Waals surface area contributed by atoms with E-state index in [4.69, 9.17) is 5.21 Å². The van der Waals surface area contributed by atoms with Crippen LogP contribution in [0.1, 0.15) is 6.92 Å². The number of hydrogen-bond donors (Lipinski definition) is 2. The van der Waals surface area contributed by atoms with Gasteiger partial charge in [-0.15, -0.1) is 0 Å². The minimum absolute atomic E-state index is 0.252. The summed E-state index contributed by atoms with van der Waals surface area (Å²) in [6, 6.07) is 0. The molecule has 0 aliphatic carbocycles. The lowest BCUT2D eigenvalue weighted by Crippen LogP contribution is -2.25. The summed E-state index contributed by atoms with van der Waals surface area (Å²) in [6.07, 6.45) is 0. The van der Waals surface area contributed by atoms with Crippen LogP contribution < -0.4 is 5.73 Å². The van der Waals surface area contributed by atoms with Crippen LogP contribution in [-0.2, 0) is 9.53 Å². The monoisotopic (exact) mass is 132 g/mol. The van der Waals surface area contributed by atoms with Crippen LogP contribution in [0.2, 0.25) is 0 Å². The molecule has 0 atom stereocenters. The quantitative estimate of drug-likeness (QED) is 0.214. The molecular formula is C4H8N2O3. The fourth-order valence-corrected chi connectivity index (χ4v) is 0.286. The molecule has 0 aromatic heterocycles. The van der Waals surface area contributed by atoms with Crippen molar-refractivity contribution in [2.75, 3.05) is 6.61 Å². The normalized spacial score (nSPS) is 11.0. The predicted octanol–water partition coefficient (Wildman–Crippen LogP) is -0.704. The summed E-state index contributed by atoms with van der Waals surface area (Å²) in [5, 5.41) is 10.5. The molecule has 52 valence electrons. The van der Waals surface area contributed by atoms with Crippen LogP contribution in [0.4, 0.5) is 0 Å². The Bertz CT molecular complexity index is 132. The average Bonchev–Trinajstić information content (AvgIpc) is 1.82. The molecule has 0 aliphatic rings. The standard InChI is InChI=1S/C4H8N2O3/c1-2-9-4(6-8)3(5)7/h8H,2H2,1H3,(H2,5,7). The van der Waals surface area contributed by atoms with E-state index in [2.05, 4.69) is 15.6 Å². The zero-order chi connectivity index (χ0) is 7.28. The van der Waals surface area contributed by atoms with Crippen molar-refractivity contribution in [3.8, 4) is 0 Å². The third kappa shape index (κ3) is 2.53. The smallest absolute Gasteiger partial charge is 0.315 e. The summed E-state index contributed by atoms with van der Waals surface area (Å²) in [6.45, 7) is 1.90. The van der Waals surface area contributed by atoms with Crippen molar-refractivity contribution in [2.45, 2.75) is 6.92 Å². The molecule has 0 saturated carbocycles. The second-order valence-electron chi connectivity index (χ2n) is 1.20. The van der Waals surface area contributed by atoms with Gasteiger partial charge in [0.15, 0.2) is 0 Å². The van der Waals surface area contributed by atoms with E-state index in [0.29, 0.717) is 0 Å². The van der Waals surface area contributed by atoms with Crippen molar-refractivity contribution in [3.05, 3.63) is 0 Å². The van der Waals surface area contributed by atoms with Crippen molar-refractivity contribution in [1.29, 1.82) is 0 Å². The van der Waals surface area contributed by atoms with Crippen molar-refractivity contribution in [3.63, 3.8) is 0 Å². The summed E-state index contributed by atoms with van der Waals surface area (Å²) < 4.78 is 4.48. The molecule has 0 spiro atoms. The van der Waals surface area contributed by atoms with E-state index in [1.165, 1.54) is 0 Å². The third-order valence-electron chi connectivity index (χ3n) is 0.583. The van der Waals surface area contributed by atoms with Gasteiger partial charge in [-0.05, 0) is 12.1 Å². The van der Waals surface area contributed by atoms with Gasteiger partial charge in [0.1, 0.15) is 0 Å². The number of amides is 1. The maximum absolute atomic E-state index is 10.1. The minimum atomic E-state index is -0.876. The highest BCUT2D eigenvalue weighted by Crippen LogP contribution is 1.78. The van der Waals surface area contributed by atoms with Crippen molar-refractivity contribution in [2.24, 2.45) is 10.9 Å². The lowest BCUT2D eigenvalue weighted by molar-refractivity contribution is -0.113. The lowest BCUT2D eigenvalue weighted by Gasteiger charge is -1.97. The second kappa shape index (κ2) is 3.71. The number of nitrogens with zero attached hydrogens (tertiary/aromatic N) is 1. The van der Waals surface area contributed by atoms with Gasteiger partial charge in [0.05, 0.1) is 6.61 Å². The van der Waals surface area contributed by atoms with E-state index in [1.807, 2.05) is 0 Å². The first kappa shape index (κ1) is 7.74. The van der Waals surface area contributed by atoms with E-state index in [9.17, 15) is 4.79 Å². The van der Waals surface area contributed by atoms with Crippen molar-refractivity contribution >= 4 is 11.8 Å². The molecule has 0 radical (unpaired) electrons. The molecule has 0 saturated heterocycles. The van der Waals surface area contributed by atoms with Gasteiger partial charge >= 0.3 is 11.8 Å². The topological polar surface area (TPSA) is 84.9 Å². The summed E-state index contributed by atoms with van der Waals surface area (Å²) in [5.41, 5.74) is 4.68. The summed E-state index contributed by atoms with van der Waals surface area (Å²) in [7, 11) is 0. The fourth-order valence-electron chi connectivity index (χ4n) is 0.286. The Morgan fingerprint density at radius 2 is 2.44 bits per heavy atom. The fraction of sp³-hybridized carbons (Fsp3) is 0.500. The molecule has 0 rings (SSSR count). The van der Waals surface area contributed by atoms with Crippen LogP contribution >= 0.6 is 0 Å². The van der Waals surface area contributed by atoms with Crippen molar-refractivity contribution in [1.82, 2.24) is 0 Å². The van der Waals surface area contributed by atoms with Gasteiger partial charge in [-0.1, -0.05) is 0 Å². The zero-order valence-corrected chi connectivity index (χ0v) is 5.00. The molecule has 0 bridgehead atoms. The lowest BCUT2D eigenvalue weighted by atomic mass is 10.6. The minimum Gasteiger partial charge on any atom is -0.472 e. The van der Waals surface area contributed by atoms with Crippen molar-refractivity contribution < 1.29 is 14.7 Å². The first-order valence-corrected chi connectivity index (χ1v) is 2.37. The van der Waals surface area contributed by atoms with E-state index in [1.54, 1.807) is 6.92 Å². The highest BCUT2D eigenvalue weighted by Gasteiger charge is 2.05. The first-order valence-electron chi connectivity index (χ1n) is 2.37. The number of nitrogens with two attached hydrogens (primary N) is 1. The molecule has 0 aromatic carbocycles. The van der Waals surface area contributed by atoms with Crippen LogP contribution in [0.3, 0.4) is 0 Å². The van der Waals surface area contributed by atoms with Gasteiger partial charge in [0.25, 0.3) is 0 Å². The Labute approximate surface area is 52.1 Å². The zero-order valence-electron chi connectivity index (χ0n) is 5.00. The summed E-state index contributed by atoms with van der Waals surface area (Å²) in [5.74, 6) is -1.34. The maximum Gasteiger partial charge on any atom is 0.315 e. The SMILES string of the molecule is CCOC(=NO)C(N)=O. The summed E-state index contributed by atoms with van der Waals surface area (Å²) >= 11 is 0. The van der Waals surface area contributed by atoms with E-state index in [-0.39, 0.29) is 6.61 Å². The molecule has 0 unspecified atom stereocenters. The van der Waals surface area contributed by atoms with Gasteiger partial charge in [0.2, 0.25) is 0 Å². The molecule has 0 heterocycles. The number of primary amides is 1. The largest absolute Gasteiger partial charge is 0.472 e. The number of carbonyl (C=O) groups excluding carboxylic acids is 1. The molecule has 1 amide bonds. The number of rotatable bonds is 1. The average molecular weight is 132 g/mol. The number of carbonyl (C=O) groups is 1. The Morgan fingerprint density at radius 3 is 2.56 bits per heavy atom. The van der Waals surface area contributed by atoms with Crippen LogP contribution in [0.5, 0.6) is 0 Å². The Balaban J connectivity index is 3.85. The molecule has 3 N–H and O–H groups in total. The highest BCUT2D eigenvalue weighted by atomic mass is 16.5. The third-order valence-corrected chi connectivity index (χ3v) is 0.583. The number of hydrogen-bond acceptors (Lipinski definition) is 4. The predicted molar refractivity (Wildman–Crippen MR) is 30.0 cm³/mol. The molecule has 0 aliphatic heterocycles. The van der Waals surface area contributed by atoms with Crippen LogP contribution in [0, 0.1) is 0 Å². The highest BCUT2D eigenvalue weighted by molar-refractivity contribution is 6.34.